The van der Waals surface area contributed by atoms with Crippen molar-refractivity contribution in [2.75, 3.05) is 10.6 Å². The van der Waals surface area contributed by atoms with Crippen LogP contribution < -0.4 is 10.6 Å². The maximum atomic E-state index is 12.7. The summed E-state index contributed by atoms with van der Waals surface area (Å²) in [5, 5.41) is 9.05. The van der Waals surface area contributed by atoms with E-state index in [0.29, 0.717) is 28.7 Å². The Morgan fingerprint density at radius 2 is 1.74 bits per heavy atom. The Kier molecular flexibility index (Phi) is 5.44. The Balaban J connectivity index is 1.43. The number of carbonyl (C=O) groups is 1. The summed E-state index contributed by atoms with van der Waals surface area (Å²) in [6.07, 6.45) is -2.68. The molecule has 0 saturated carbocycles. The molecule has 0 radical (unpaired) electrons. The lowest BCUT2D eigenvalue weighted by Crippen LogP contribution is -2.20. The molecule has 0 bridgehead atoms. The van der Waals surface area contributed by atoms with Crippen molar-refractivity contribution < 1.29 is 26.9 Å². The van der Waals surface area contributed by atoms with Gasteiger partial charge >= 0.3 is 12.2 Å². The summed E-state index contributed by atoms with van der Waals surface area (Å²) >= 11 is 0. The van der Waals surface area contributed by atoms with Gasteiger partial charge in [-0.1, -0.05) is 23.4 Å². The van der Waals surface area contributed by atoms with E-state index >= 15 is 0 Å². The number of urea groups is 1. The number of nitrogens with zero attached hydrogens (tertiary/aromatic N) is 2. The maximum Gasteiger partial charge on any atom is 0.416 e. The first-order chi connectivity index (χ1) is 14.9. The summed E-state index contributed by atoms with van der Waals surface area (Å²) in [6, 6.07) is 14.0. The summed E-state index contributed by atoms with van der Waals surface area (Å²) in [7, 11) is 0. The smallest absolute Gasteiger partial charge is 0.416 e. The lowest BCUT2D eigenvalue weighted by molar-refractivity contribution is -0.137. The number of furan rings is 1. The molecule has 10 heteroatoms. The molecule has 0 spiro atoms. The number of halogens is 3. The number of benzene rings is 2. The van der Waals surface area contributed by atoms with Crippen LogP contribution >= 0.6 is 0 Å². The number of alkyl halides is 3. The van der Waals surface area contributed by atoms with E-state index in [1.807, 2.05) is 0 Å². The van der Waals surface area contributed by atoms with Gasteiger partial charge in [-0.25, -0.2) is 4.79 Å². The first-order valence-electron chi connectivity index (χ1n) is 9.08. The van der Waals surface area contributed by atoms with Gasteiger partial charge in [0.15, 0.2) is 5.76 Å². The van der Waals surface area contributed by atoms with Crippen LogP contribution in [0.25, 0.3) is 11.6 Å². The summed E-state index contributed by atoms with van der Waals surface area (Å²) < 4.78 is 48.4. The predicted octanol–water partition coefficient (Wildman–Crippen LogP) is 5.58. The van der Waals surface area contributed by atoms with Gasteiger partial charge in [0.05, 0.1) is 18.2 Å². The zero-order valence-electron chi connectivity index (χ0n) is 15.8. The zero-order valence-corrected chi connectivity index (χ0v) is 15.8. The predicted molar refractivity (Wildman–Crippen MR) is 105 cm³/mol. The monoisotopic (exact) mass is 428 g/mol. The fourth-order valence-electron chi connectivity index (χ4n) is 2.82. The van der Waals surface area contributed by atoms with Gasteiger partial charge in [0.2, 0.25) is 11.7 Å². The van der Waals surface area contributed by atoms with Crippen LogP contribution in [0.2, 0.25) is 0 Å². The third-order valence-corrected chi connectivity index (χ3v) is 4.29. The quantitative estimate of drug-likeness (QED) is 0.433. The van der Waals surface area contributed by atoms with Crippen molar-refractivity contribution in [3.63, 3.8) is 0 Å². The summed E-state index contributed by atoms with van der Waals surface area (Å²) in [5.41, 5.74) is 0.629. The molecule has 4 rings (SSSR count). The number of para-hydroxylation sites is 1. The van der Waals surface area contributed by atoms with Crippen molar-refractivity contribution in [3.8, 4) is 11.6 Å². The molecule has 2 aromatic carbocycles. The Morgan fingerprint density at radius 1 is 0.968 bits per heavy atom. The highest BCUT2D eigenvalue weighted by Crippen LogP contribution is 2.30. The Morgan fingerprint density at radius 3 is 2.45 bits per heavy atom. The number of hydrogen-bond donors (Lipinski definition) is 2. The molecule has 0 unspecified atom stereocenters. The van der Waals surface area contributed by atoms with Crippen LogP contribution in [0, 0.1) is 0 Å². The van der Waals surface area contributed by atoms with Crippen LogP contribution in [0.1, 0.15) is 17.0 Å². The molecular formula is C21H15F3N4O3. The van der Waals surface area contributed by atoms with Crippen molar-refractivity contribution in [1.82, 2.24) is 10.1 Å². The van der Waals surface area contributed by atoms with E-state index in [0.717, 1.165) is 12.1 Å². The number of carbonyl (C=O) groups excluding carboxylic acids is 1. The van der Waals surface area contributed by atoms with Gasteiger partial charge in [0.1, 0.15) is 0 Å². The van der Waals surface area contributed by atoms with Crippen LogP contribution in [0.3, 0.4) is 0 Å². The maximum absolute atomic E-state index is 12.7. The number of anilines is 2. The highest BCUT2D eigenvalue weighted by atomic mass is 19.4. The van der Waals surface area contributed by atoms with Gasteiger partial charge in [-0.15, -0.1) is 0 Å². The van der Waals surface area contributed by atoms with Gasteiger partial charge < -0.3 is 19.6 Å². The molecule has 4 aromatic rings. The third kappa shape index (κ3) is 4.92. The summed E-state index contributed by atoms with van der Waals surface area (Å²) in [5.74, 6) is 1.10. The average molecular weight is 428 g/mol. The number of amides is 2. The molecular weight excluding hydrogens is 413 g/mol. The van der Waals surface area contributed by atoms with E-state index in [4.69, 9.17) is 8.94 Å². The third-order valence-electron chi connectivity index (χ3n) is 4.29. The molecule has 0 aliphatic carbocycles. The summed E-state index contributed by atoms with van der Waals surface area (Å²) in [4.78, 5) is 16.6. The molecule has 158 valence electrons. The van der Waals surface area contributed by atoms with E-state index in [1.165, 1.54) is 18.4 Å². The molecule has 0 fully saturated rings. The van der Waals surface area contributed by atoms with Crippen LogP contribution in [0.15, 0.2) is 75.9 Å². The number of aromatic nitrogens is 2. The van der Waals surface area contributed by atoms with Gasteiger partial charge in [0, 0.05) is 11.4 Å². The fraction of sp³-hybridized carbons (Fsp3) is 0.0952. The van der Waals surface area contributed by atoms with E-state index in [9.17, 15) is 18.0 Å². The largest absolute Gasteiger partial charge is 0.461 e. The van der Waals surface area contributed by atoms with Crippen LogP contribution in [-0.2, 0) is 12.6 Å². The van der Waals surface area contributed by atoms with E-state index in [2.05, 4.69) is 20.8 Å². The minimum absolute atomic E-state index is 0.225. The second-order valence-corrected chi connectivity index (χ2v) is 6.48. The van der Waals surface area contributed by atoms with Gasteiger partial charge in [0.25, 0.3) is 0 Å². The van der Waals surface area contributed by atoms with Crippen molar-refractivity contribution in [2.24, 2.45) is 0 Å². The molecule has 0 atom stereocenters. The molecule has 0 saturated heterocycles. The standard InChI is InChI=1S/C21H15F3N4O3/c22-21(23,24)14-7-9-15(10-8-14)25-20(29)26-16-5-2-1-4-13(16)12-18-27-19(28-31-18)17-6-3-11-30-17/h1-11H,12H2,(H2,25,26,29). The Bertz CT molecular complexity index is 1170. The molecule has 2 aromatic heterocycles. The lowest BCUT2D eigenvalue weighted by Gasteiger charge is -2.12. The normalized spacial score (nSPS) is 11.3. The molecule has 0 aliphatic heterocycles. The first kappa shape index (κ1) is 20.2. The lowest BCUT2D eigenvalue weighted by atomic mass is 10.1. The highest BCUT2D eigenvalue weighted by molar-refractivity contribution is 6.00. The number of rotatable bonds is 5. The van der Waals surface area contributed by atoms with Crippen molar-refractivity contribution in [2.45, 2.75) is 12.6 Å². The first-order valence-corrected chi connectivity index (χ1v) is 9.08. The van der Waals surface area contributed by atoms with E-state index in [-0.39, 0.29) is 12.1 Å². The molecule has 31 heavy (non-hydrogen) atoms. The van der Waals surface area contributed by atoms with Gasteiger partial charge in [-0.2, -0.15) is 18.2 Å². The van der Waals surface area contributed by atoms with Crippen LogP contribution in [-0.4, -0.2) is 16.2 Å². The SMILES string of the molecule is O=C(Nc1ccc(C(F)(F)F)cc1)Nc1ccccc1Cc1nc(-c2ccco2)no1. The number of nitrogens with one attached hydrogen (secondary N) is 2. The second-order valence-electron chi connectivity index (χ2n) is 6.48. The highest BCUT2D eigenvalue weighted by Gasteiger charge is 2.30. The molecule has 2 heterocycles. The van der Waals surface area contributed by atoms with Gasteiger partial charge in [-0.3, -0.25) is 0 Å². The van der Waals surface area contributed by atoms with E-state index in [1.54, 1.807) is 36.4 Å². The zero-order chi connectivity index (χ0) is 21.8. The summed E-state index contributed by atoms with van der Waals surface area (Å²) in [6.45, 7) is 0. The average Bonchev–Trinajstić information content (AvgIpc) is 3.41. The van der Waals surface area contributed by atoms with Crippen molar-refractivity contribution >= 4 is 17.4 Å². The number of hydrogen-bond acceptors (Lipinski definition) is 5. The molecule has 2 N–H and O–H groups in total. The minimum atomic E-state index is -4.44. The molecule has 7 nitrogen and oxygen atoms in total. The second kappa shape index (κ2) is 8.34. The molecule has 0 aliphatic rings. The van der Waals surface area contributed by atoms with Crippen LogP contribution in [0.4, 0.5) is 29.3 Å². The van der Waals surface area contributed by atoms with Crippen molar-refractivity contribution in [3.05, 3.63) is 83.9 Å². The fourth-order valence-corrected chi connectivity index (χ4v) is 2.82. The molecule has 2 amide bonds. The minimum Gasteiger partial charge on any atom is -0.461 e. The van der Waals surface area contributed by atoms with Gasteiger partial charge in [-0.05, 0) is 48.0 Å². The van der Waals surface area contributed by atoms with E-state index < -0.39 is 17.8 Å². The van der Waals surface area contributed by atoms with Crippen LogP contribution in [0.5, 0.6) is 0 Å². The Hall–Kier alpha value is -4.08. The van der Waals surface area contributed by atoms with Crippen molar-refractivity contribution in [1.29, 1.82) is 0 Å². The topological polar surface area (TPSA) is 93.2 Å². The Labute approximate surface area is 173 Å².